The molecule has 18 heavy (non-hydrogen) atoms. The second-order valence-corrected chi connectivity index (χ2v) is 6.05. The molecular weight excluding hydrogens is 224 g/mol. The Morgan fingerprint density at radius 2 is 2.33 bits per heavy atom. The van der Waals surface area contributed by atoms with Gasteiger partial charge in [-0.2, -0.15) is 0 Å². The molecule has 0 aliphatic heterocycles. The normalized spacial score (nSPS) is 32.0. The van der Waals surface area contributed by atoms with Crippen LogP contribution in [0, 0.1) is 17.8 Å². The molecule has 1 aromatic rings. The first-order valence-corrected chi connectivity index (χ1v) is 7.37. The van der Waals surface area contributed by atoms with Crippen molar-refractivity contribution >= 4 is 0 Å². The highest BCUT2D eigenvalue weighted by atomic mass is 15.4. The predicted octanol–water partition coefficient (Wildman–Crippen LogP) is 2.29. The zero-order valence-electron chi connectivity index (χ0n) is 11.5. The van der Waals surface area contributed by atoms with Crippen LogP contribution in [0.5, 0.6) is 0 Å². The van der Waals surface area contributed by atoms with Gasteiger partial charge < -0.3 is 5.32 Å². The molecule has 0 spiro atoms. The van der Waals surface area contributed by atoms with Gasteiger partial charge in [-0.1, -0.05) is 18.6 Å². The van der Waals surface area contributed by atoms with Gasteiger partial charge in [-0.25, -0.2) is 0 Å². The molecule has 1 heterocycles. The Bertz CT molecular complexity index is 400. The third-order valence-electron chi connectivity index (χ3n) is 4.90. The van der Waals surface area contributed by atoms with Crippen molar-refractivity contribution < 1.29 is 0 Å². The molecule has 1 aromatic heterocycles. The Labute approximate surface area is 109 Å². The monoisotopic (exact) mass is 248 g/mol. The van der Waals surface area contributed by atoms with Crippen molar-refractivity contribution in [3.05, 3.63) is 11.9 Å². The molecule has 3 rings (SSSR count). The lowest BCUT2D eigenvalue weighted by Gasteiger charge is -2.31. The lowest BCUT2D eigenvalue weighted by Crippen LogP contribution is -2.33. The van der Waals surface area contributed by atoms with Crippen molar-refractivity contribution in [2.24, 2.45) is 24.8 Å². The minimum Gasteiger partial charge on any atom is -0.308 e. The molecule has 2 bridgehead atoms. The van der Waals surface area contributed by atoms with Crippen LogP contribution in [0.1, 0.15) is 50.8 Å². The SMILES string of the molecule is CCCNC(c1cnnn1C)C1CC2CCC1C2. The van der Waals surface area contributed by atoms with E-state index in [9.17, 15) is 0 Å². The van der Waals surface area contributed by atoms with Crippen molar-refractivity contribution in [2.45, 2.75) is 45.1 Å². The van der Waals surface area contributed by atoms with Crippen LogP contribution in [0.4, 0.5) is 0 Å². The third kappa shape index (κ3) is 2.07. The van der Waals surface area contributed by atoms with Gasteiger partial charge in [-0.15, -0.1) is 5.10 Å². The lowest BCUT2D eigenvalue weighted by molar-refractivity contribution is 0.243. The molecule has 0 amide bonds. The Balaban J connectivity index is 1.79. The predicted molar refractivity (Wildman–Crippen MR) is 71.0 cm³/mol. The molecular formula is C14H24N4. The number of rotatable bonds is 5. The van der Waals surface area contributed by atoms with Crippen LogP contribution in [0.3, 0.4) is 0 Å². The van der Waals surface area contributed by atoms with E-state index in [2.05, 4.69) is 22.6 Å². The van der Waals surface area contributed by atoms with E-state index in [-0.39, 0.29) is 0 Å². The Morgan fingerprint density at radius 1 is 1.44 bits per heavy atom. The standard InChI is InChI=1S/C14H24N4/c1-3-6-15-14(13-9-16-17-18(13)2)12-8-10-4-5-11(12)7-10/h9-12,14-15H,3-8H2,1-2H3. The largest absolute Gasteiger partial charge is 0.308 e. The Kier molecular flexibility index (Phi) is 3.37. The van der Waals surface area contributed by atoms with E-state index >= 15 is 0 Å². The van der Waals surface area contributed by atoms with E-state index in [1.165, 1.54) is 37.8 Å². The van der Waals surface area contributed by atoms with Gasteiger partial charge in [0.25, 0.3) is 0 Å². The molecule has 2 fully saturated rings. The minimum atomic E-state index is 0.459. The number of hydrogen-bond acceptors (Lipinski definition) is 3. The maximum atomic E-state index is 4.11. The van der Waals surface area contributed by atoms with Crippen LogP contribution < -0.4 is 5.32 Å². The zero-order chi connectivity index (χ0) is 12.5. The number of aromatic nitrogens is 3. The summed E-state index contributed by atoms with van der Waals surface area (Å²) in [5.41, 5.74) is 1.26. The number of aryl methyl sites for hydroxylation is 1. The fourth-order valence-corrected chi connectivity index (χ4v) is 4.06. The maximum absolute atomic E-state index is 4.11. The van der Waals surface area contributed by atoms with Gasteiger partial charge in [-0.3, -0.25) is 4.68 Å². The summed E-state index contributed by atoms with van der Waals surface area (Å²) < 4.78 is 1.94. The summed E-state index contributed by atoms with van der Waals surface area (Å²) in [7, 11) is 2.01. The molecule has 0 radical (unpaired) electrons. The molecule has 100 valence electrons. The third-order valence-corrected chi connectivity index (χ3v) is 4.90. The smallest absolute Gasteiger partial charge is 0.0756 e. The lowest BCUT2D eigenvalue weighted by atomic mass is 9.82. The van der Waals surface area contributed by atoms with Crippen LogP contribution in [-0.2, 0) is 7.05 Å². The number of fused-ring (bicyclic) bond motifs is 2. The van der Waals surface area contributed by atoms with Crippen LogP contribution in [0.15, 0.2) is 6.20 Å². The topological polar surface area (TPSA) is 42.7 Å². The van der Waals surface area contributed by atoms with Crippen LogP contribution in [0.25, 0.3) is 0 Å². The van der Waals surface area contributed by atoms with Gasteiger partial charge in [0.2, 0.25) is 0 Å². The summed E-state index contributed by atoms with van der Waals surface area (Å²) in [5.74, 6) is 2.72. The maximum Gasteiger partial charge on any atom is 0.0756 e. The van der Waals surface area contributed by atoms with E-state index in [4.69, 9.17) is 0 Å². The average molecular weight is 248 g/mol. The van der Waals surface area contributed by atoms with Crippen molar-refractivity contribution in [1.82, 2.24) is 20.3 Å². The van der Waals surface area contributed by atoms with Crippen LogP contribution >= 0.6 is 0 Å². The van der Waals surface area contributed by atoms with Crippen LogP contribution in [-0.4, -0.2) is 21.5 Å². The van der Waals surface area contributed by atoms with Gasteiger partial charge in [0.1, 0.15) is 0 Å². The molecule has 4 unspecified atom stereocenters. The summed E-state index contributed by atoms with van der Waals surface area (Å²) in [5, 5.41) is 11.9. The van der Waals surface area contributed by atoms with Gasteiger partial charge in [-0.05, 0) is 50.0 Å². The van der Waals surface area contributed by atoms with Gasteiger partial charge in [0, 0.05) is 7.05 Å². The number of hydrogen-bond donors (Lipinski definition) is 1. The molecule has 2 aliphatic rings. The second-order valence-electron chi connectivity index (χ2n) is 6.05. The van der Waals surface area contributed by atoms with E-state index < -0.39 is 0 Å². The second kappa shape index (κ2) is 5.00. The molecule has 2 saturated carbocycles. The van der Waals surface area contributed by atoms with Crippen molar-refractivity contribution in [1.29, 1.82) is 0 Å². The quantitative estimate of drug-likeness (QED) is 0.869. The molecule has 4 nitrogen and oxygen atoms in total. The molecule has 0 saturated heterocycles. The Hall–Kier alpha value is -0.900. The van der Waals surface area contributed by atoms with Gasteiger partial charge in [0.05, 0.1) is 17.9 Å². The summed E-state index contributed by atoms with van der Waals surface area (Å²) in [6.45, 7) is 3.32. The first-order chi connectivity index (χ1) is 8.79. The van der Waals surface area contributed by atoms with E-state index in [1.807, 2.05) is 17.9 Å². The first kappa shape index (κ1) is 12.2. The number of nitrogens with one attached hydrogen (secondary N) is 1. The van der Waals surface area contributed by atoms with E-state index in [1.54, 1.807) is 0 Å². The fourth-order valence-electron chi connectivity index (χ4n) is 4.06. The average Bonchev–Trinajstić information content (AvgIpc) is 3.07. The van der Waals surface area contributed by atoms with E-state index in [0.717, 1.165) is 24.3 Å². The summed E-state index contributed by atoms with van der Waals surface area (Å²) >= 11 is 0. The minimum absolute atomic E-state index is 0.459. The fraction of sp³-hybridized carbons (Fsp3) is 0.857. The molecule has 4 atom stereocenters. The van der Waals surface area contributed by atoms with Crippen molar-refractivity contribution in [3.63, 3.8) is 0 Å². The first-order valence-electron chi connectivity index (χ1n) is 7.37. The van der Waals surface area contributed by atoms with E-state index in [0.29, 0.717) is 6.04 Å². The Morgan fingerprint density at radius 3 is 2.89 bits per heavy atom. The highest BCUT2D eigenvalue weighted by molar-refractivity contribution is 5.08. The highest BCUT2D eigenvalue weighted by Crippen LogP contribution is 2.52. The molecule has 1 N–H and O–H groups in total. The number of nitrogens with zero attached hydrogens (tertiary/aromatic N) is 3. The molecule has 2 aliphatic carbocycles. The zero-order valence-corrected chi connectivity index (χ0v) is 11.5. The highest BCUT2D eigenvalue weighted by Gasteiger charge is 2.44. The molecule has 0 aromatic carbocycles. The van der Waals surface area contributed by atoms with Crippen molar-refractivity contribution in [2.75, 3.05) is 6.54 Å². The van der Waals surface area contributed by atoms with Crippen LogP contribution in [0.2, 0.25) is 0 Å². The van der Waals surface area contributed by atoms with Gasteiger partial charge in [0.15, 0.2) is 0 Å². The van der Waals surface area contributed by atoms with Crippen molar-refractivity contribution in [3.8, 4) is 0 Å². The van der Waals surface area contributed by atoms with Gasteiger partial charge >= 0.3 is 0 Å². The summed E-state index contributed by atoms with van der Waals surface area (Å²) in [4.78, 5) is 0. The molecule has 4 heteroatoms. The summed E-state index contributed by atoms with van der Waals surface area (Å²) in [6, 6.07) is 0.459. The summed E-state index contributed by atoms with van der Waals surface area (Å²) in [6.07, 6.45) is 8.88.